The van der Waals surface area contributed by atoms with E-state index in [1.807, 2.05) is 35.2 Å². The molecular formula is C19H28N2O3. The molecule has 5 nitrogen and oxygen atoms in total. The molecule has 3 rings (SSSR count). The van der Waals surface area contributed by atoms with Crippen molar-refractivity contribution in [1.29, 1.82) is 0 Å². The standard InChI is InChI=1S/C19H28N2O3/c1-24-19(10-6-11-19)14-20-18(23)21-12-5-9-16(21)13-17(22)15-7-3-2-4-8-15/h2-4,7-8,16-17,22H,5-6,9-14H2,1H3,(H,20,23). The minimum absolute atomic E-state index is 0.0268. The van der Waals surface area contributed by atoms with Crippen molar-refractivity contribution in [3.05, 3.63) is 35.9 Å². The first-order chi connectivity index (χ1) is 11.6. The highest BCUT2D eigenvalue weighted by Gasteiger charge is 2.38. The zero-order chi connectivity index (χ0) is 17.0. The molecule has 2 fully saturated rings. The molecule has 1 aliphatic heterocycles. The minimum Gasteiger partial charge on any atom is -0.388 e. The summed E-state index contributed by atoms with van der Waals surface area (Å²) in [5.74, 6) is 0. The van der Waals surface area contributed by atoms with Gasteiger partial charge in [-0.05, 0) is 44.1 Å². The van der Waals surface area contributed by atoms with Gasteiger partial charge in [0, 0.05) is 26.2 Å². The third-order valence-electron chi connectivity index (χ3n) is 5.58. The van der Waals surface area contributed by atoms with E-state index in [1.165, 1.54) is 6.42 Å². The molecule has 2 amide bonds. The number of carbonyl (C=O) groups is 1. The summed E-state index contributed by atoms with van der Waals surface area (Å²) < 4.78 is 5.56. The van der Waals surface area contributed by atoms with Crippen molar-refractivity contribution in [3.63, 3.8) is 0 Å². The van der Waals surface area contributed by atoms with Crippen LogP contribution in [0.3, 0.4) is 0 Å². The van der Waals surface area contributed by atoms with E-state index >= 15 is 0 Å². The Morgan fingerprint density at radius 2 is 2.12 bits per heavy atom. The number of urea groups is 1. The van der Waals surface area contributed by atoms with Crippen LogP contribution in [0, 0.1) is 0 Å². The summed E-state index contributed by atoms with van der Waals surface area (Å²) in [6.45, 7) is 1.34. The summed E-state index contributed by atoms with van der Waals surface area (Å²) in [4.78, 5) is 14.4. The molecular weight excluding hydrogens is 304 g/mol. The van der Waals surface area contributed by atoms with Gasteiger partial charge in [0.2, 0.25) is 0 Å². The normalized spacial score (nSPS) is 23.6. The average Bonchev–Trinajstić information content (AvgIpc) is 3.03. The minimum atomic E-state index is -0.526. The first-order valence-electron chi connectivity index (χ1n) is 8.96. The molecule has 2 aliphatic rings. The summed E-state index contributed by atoms with van der Waals surface area (Å²) in [5, 5.41) is 13.5. The Labute approximate surface area is 144 Å². The Bertz CT molecular complexity index is 539. The Morgan fingerprint density at radius 3 is 2.75 bits per heavy atom. The number of ether oxygens (including phenoxy) is 1. The number of nitrogens with zero attached hydrogens (tertiary/aromatic N) is 1. The summed E-state index contributed by atoms with van der Waals surface area (Å²) in [7, 11) is 1.72. The van der Waals surface area contributed by atoms with Crippen molar-refractivity contribution in [2.75, 3.05) is 20.2 Å². The van der Waals surface area contributed by atoms with E-state index in [2.05, 4.69) is 5.32 Å². The molecule has 1 saturated carbocycles. The van der Waals surface area contributed by atoms with Gasteiger partial charge in [0.1, 0.15) is 0 Å². The summed E-state index contributed by atoms with van der Waals surface area (Å²) in [6, 6.07) is 9.74. The van der Waals surface area contributed by atoms with Crippen molar-refractivity contribution in [1.82, 2.24) is 10.2 Å². The Morgan fingerprint density at radius 1 is 1.38 bits per heavy atom. The van der Waals surface area contributed by atoms with E-state index in [9.17, 15) is 9.90 Å². The Hall–Kier alpha value is -1.59. The van der Waals surface area contributed by atoms with Crippen LogP contribution in [0.25, 0.3) is 0 Å². The number of carbonyl (C=O) groups excluding carboxylic acids is 1. The predicted octanol–water partition coefficient (Wildman–Crippen LogP) is 2.85. The van der Waals surface area contributed by atoms with Crippen LogP contribution in [0.5, 0.6) is 0 Å². The first-order valence-corrected chi connectivity index (χ1v) is 8.96. The number of rotatable bonds is 6. The first kappa shape index (κ1) is 17.2. The number of nitrogens with one attached hydrogen (secondary N) is 1. The molecule has 0 aromatic heterocycles. The molecule has 2 N–H and O–H groups in total. The molecule has 1 heterocycles. The summed E-state index contributed by atoms with van der Waals surface area (Å²) in [5.41, 5.74) is 0.756. The number of hydrogen-bond acceptors (Lipinski definition) is 3. The van der Waals surface area contributed by atoms with Crippen LogP contribution in [0.4, 0.5) is 4.79 Å². The second kappa shape index (κ2) is 7.53. The fourth-order valence-corrected chi connectivity index (χ4v) is 3.78. The van der Waals surface area contributed by atoms with Crippen LogP contribution in [0.2, 0.25) is 0 Å². The molecule has 1 aromatic rings. The third-order valence-corrected chi connectivity index (χ3v) is 5.58. The lowest BCUT2D eigenvalue weighted by Gasteiger charge is -2.41. The monoisotopic (exact) mass is 332 g/mol. The number of likely N-dealkylation sites (tertiary alicyclic amines) is 1. The molecule has 0 spiro atoms. The fourth-order valence-electron chi connectivity index (χ4n) is 3.78. The maximum atomic E-state index is 12.6. The van der Waals surface area contributed by atoms with Crippen LogP contribution >= 0.6 is 0 Å². The van der Waals surface area contributed by atoms with Gasteiger partial charge in [0.15, 0.2) is 0 Å². The van der Waals surface area contributed by atoms with Crippen LogP contribution in [0.1, 0.15) is 50.2 Å². The molecule has 5 heteroatoms. The van der Waals surface area contributed by atoms with Gasteiger partial charge >= 0.3 is 6.03 Å². The van der Waals surface area contributed by atoms with Gasteiger partial charge < -0.3 is 20.1 Å². The van der Waals surface area contributed by atoms with Crippen molar-refractivity contribution < 1.29 is 14.6 Å². The lowest BCUT2D eigenvalue weighted by Crippen LogP contribution is -2.52. The maximum absolute atomic E-state index is 12.6. The van der Waals surface area contributed by atoms with Gasteiger partial charge in [-0.15, -0.1) is 0 Å². The van der Waals surface area contributed by atoms with Gasteiger partial charge in [0.25, 0.3) is 0 Å². The topological polar surface area (TPSA) is 61.8 Å². The molecule has 1 aliphatic carbocycles. The predicted molar refractivity (Wildman–Crippen MR) is 92.7 cm³/mol. The lowest BCUT2D eigenvalue weighted by atomic mass is 9.80. The molecule has 2 unspecified atom stereocenters. The van der Waals surface area contributed by atoms with Gasteiger partial charge in [-0.25, -0.2) is 4.79 Å². The third kappa shape index (κ3) is 3.73. The smallest absolute Gasteiger partial charge is 0.317 e. The molecule has 1 aromatic carbocycles. The average molecular weight is 332 g/mol. The number of amides is 2. The molecule has 2 atom stereocenters. The maximum Gasteiger partial charge on any atom is 0.317 e. The molecule has 1 saturated heterocycles. The van der Waals surface area contributed by atoms with Crippen LogP contribution in [0.15, 0.2) is 30.3 Å². The zero-order valence-electron chi connectivity index (χ0n) is 14.4. The van der Waals surface area contributed by atoms with Gasteiger partial charge in [-0.2, -0.15) is 0 Å². The van der Waals surface area contributed by atoms with E-state index in [0.717, 1.165) is 37.8 Å². The highest BCUT2D eigenvalue weighted by atomic mass is 16.5. The van der Waals surface area contributed by atoms with E-state index in [-0.39, 0.29) is 17.7 Å². The molecule has 132 valence electrons. The number of benzene rings is 1. The Kier molecular flexibility index (Phi) is 5.41. The van der Waals surface area contributed by atoms with Crippen molar-refractivity contribution in [3.8, 4) is 0 Å². The molecule has 24 heavy (non-hydrogen) atoms. The second-order valence-electron chi connectivity index (χ2n) is 7.05. The zero-order valence-corrected chi connectivity index (χ0v) is 14.4. The van der Waals surface area contributed by atoms with Crippen LogP contribution in [-0.2, 0) is 4.74 Å². The quantitative estimate of drug-likeness (QED) is 0.842. The van der Waals surface area contributed by atoms with E-state index in [4.69, 9.17) is 4.74 Å². The lowest BCUT2D eigenvalue weighted by molar-refractivity contribution is -0.0679. The number of methoxy groups -OCH3 is 1. The highest BCUT2D eigenvalue weighted by Crippen LogP contribution is 2.34. The SMILES string of the molecule is COC1(CNC(=O)N2CCCC2CC(O)c2ccccc2)CCC1. The molecule has 0 radical (unpaired) electrons. The van der Waals surface area contributed by atoms with Crippen LogP contribution < -0.4 is 5.32 Å². The van der Waals surface area contributed by atoms with Gasteiger partial charge in [-0.1, -0.05) is 30.3 Å². The summed E-state index contributed by atoms with van der Waals surface area (Å²) >= 11 is 0. The molecule has 0 bridgehead atoms. The highest BCUT2D eigenvalue weighted by molar-refractivity contribution is 5.75. The van der Waals surface area contributed by atoms with E-state index in [0.29, 0.717) is 13.0 Å². The van der Waals surface area contributed by atoms with E-state index in [1.54, 1.807) is 7.11 Å². The van der Waals surface area contributed by atoms with Crippen molar-refractivity contribution in [2.45, 2.75) is 56.3 Å². The van der Waals surface area contributed by atoms with Gasteiger partial charge in [0.05, 0.1) is 11.7 Å². The number of aliphatic hydroxyl groups is 1. The van der Waals surface area contributed by atoms with Crippen molar-refractivity contribution >= 4 is 6.03 Å². The van der Waals surface area contributed by atoms with Gasteiger partial charge in [-0.3, -0.25) is 0 Å². The van der Waals surface area contributed by atoms with Crippen LogP contribution in [-0.4, -0.2) is 47.9 Å². The van der Waals surface area contributed by atoms with E-state index < -0.39 is 6.10 Å². The Balaban J connectivity index is 1.53. The largest absolute Gasteiger partial charge is 0.388 e. The second-order valence-corrected chi connectivity index (χ2v) is 7.05. The number of hydrogen-bond donors (Lipinski definition) is 2. The van der Waals surface area contributed by atoms with Crippen molar-refractivity contribution in [2.24, 2.45) is 0 Å². The summed E-state index contributed by atoms with van der Waals surface area (Å²) in [6.07, 6.45) is 5.20. The fraction of sp³-hybridized carbons (Fsp3) is 0.632. The number of aliphatic hydroxyl groups excluding tert-OH is 1.